The lowest BCUT2D eigenvalue weighted by Crippen LogP contribution is -2.55. The van der Waals surface area contributed by atoms with Crippen LogP contribution in [0.15, 0.2) is 61.2 Å². The van der Waals surface area contributed by atoms with Crippen LogP contribution < -0.4 is 20.7 Å². The molecule has 3 aliphatic carbocycles. The van der Waals surface area contributed by atoms with Gasteiger partial charge < -0.3 is 20.7 Å². The predicted octanol–water partition coefficient (Wildman–Crippen LogP) is 1.92. The fraction of sp³-hybridized carbons (Fsp3) is 0.414. The molecule has 40 heavy (non-hydrogen) atoms. The Hall–Kier alpha value is -3.70. The zero-order valence-electron chi connectivity index (χ0n) is 21.9. The highest BCUT2D eigenvalue weighted by atomic mass is 32.2. The lowest BCUT2D eigenvalue weighted by Gasteiger charge is -2.21. The fourth-order valence-electron chi connectivity index (χ4n) is 5.88. The number of alkyl carbamates (subject to hydrolysis) is 1. The first-order valence-corrected chi connectivity index (χ1v) is 15.1. The summed E-state index contributed by atoms with van der Waals surface area (Å²) in [5.74, 6) is -1.58. The summed E-state index contributed by atoms with van der Waals surface area (Å²) < 4.78 is 32.3. The fourth-order valence-corrected chi connectivity index (χ4v) is 7.24. The van der Waals surface area contributed by atoms with Gasteiger partial charge in [0.15, 0.2) is 0 Å². The summed E-state index contributed by atoms with van der Waals surface area (Å²) in [7, 11) is -3.75. The standard InChI is InChI=1S/C29H32N4O6S/c1-2-17-14-29(17,27(35)33-40(37,38)19-11-12-19)32-26(34)25-13-18(15-30-25)31-28(36)39-16-24-22-9-5-3-7-20(22)21-8-4-6-10-23(21)24/h2-10,17-19,24-25,30H,1,11-16H2,(H,31,36)(H,32,34)(H,33,35)/t17?,18?,25-,29?/m0/s1. The molecule has 1 saturated heterocycles. The Morgan fingerprint density at radius 3 is 2.30 bits per heavy atom. The van der Waals surface area contributed by atoms with Crippen molar-refractivity contribution >= 4 is 27.9 Å². The second-order valence-corrected chi connectivity index (χ2v) is 13.0. The van der Waals surface area contributed by atoms with Crippen molar-refractivity contribution in [1.82, 2.24) is 20.7 Å². The van der Waals surface area contributed by atoms with E-state index in [1.807, 2.05) is 24.3 Å². The van der Waals surface area contributed by atoms with E-state index in [2.05, 4.69) is 51.5 Å². The van der Waals surface area contributed by atoms with Crippen molar-refractivity contribution in [3.63, 3.8) is 0 Å². The van der Waals surface area contributed by atoms with E-state index in [9.17, 15) is 22.8 Å². The summed E-state index contributed by atoms with van der Waals surface area (Å²) >= 11 is 0. The van der Waals surface area contributed by atoms with Crippen molar-refractivity contribution < 1.29 is 27.5 Å². The van der Waals surface area contributed by atoms with Crippen molar-refractivity contribution in [3.8, 4) is 11.1 Å². The summed E-state index contributed by atoms with van der Waals surface area (Å²) in [5, 5.41) is 8.11. The van der Waals surface area contributed by atoms with Crippen LogP contribution in [0.2, 0.25) is 0 Å². The van der Waals surface area contributed by atoms with Gasteiger partial charge in [0.25, 0.3) is 5.91 Å². The van der Waals surface area contributed by atoms with Gasteiger partial charge in [0.05, 0.1) is 11.3 Å². The topological polar surface area (TPSA) is 143 Å². The molecule has 1 heterocycles. The predicted molar refractivity (Wildman–Crippen MR) is 148 cm³/mol. The number of ether oxygens (including phenoxy) is 1. The number of carbonyl (C=O) groups excluding carboxylic acids is 3. The van der Waals surface area contributed by atoms with Gasteiger partial charge in [-0.1, -0.05) is 54.6 Å². The average molecular weight is 565 g/mol. The van der Waals surface area contributed by atoms with Crippen molar-refractivity contribution in [1.29, 1.82) is 0 Å². The van der Waals surface area contributed by atoms with Crippen LogP contribution in [0.3, 0.4) is 0 Å². The van der Waals surface area contributed by atoms with Crippen LogP contribution >= 0.6 is 0 Å². The maximum atomic E-state index is 13.1. The van der Waals surface area contributed by atoms with Crippen molar-refractivity contribution in [2.45, 2.75) is 54.5 Å². The largest absolute Gasteiger partial charge is 0.449 e. The van der Waals surface area contributed by atoms with Gasteiger partial charge in [0.1, 0.15) is 12.1 Å². The number of rotatable bonds is 9. The maximum Gasteiger partial charge on any atom is 0.407 e. The van der Waals surface area contributed by atoms with E-state index in [4.69, 9.17) is 4.74 Å². The smallest absolute Gasteiger partial charge is 0.407 e. The minimum Gasteiger partial charge on any atom is -0.449 e. The van der Waals surface area contributed by atoms with Gasteiger partial charge in [-0.3, -0.25) is 14.3 Å². The van der Waals surface area contributed by atoms with E-state index < -0.39 is 44.8 Å². The second-order valence-electron chi connectivity index (χ2n) is 11.0. The molecule has 0 radical (unpaired) electrons. The third kappa shape index (κ3) is 4.88. The van der Waals surface area contributed by atoms with Gasteiger partial charge >= 0.3 is 6.09 Å². The third-order valence-electron chi connectivity index (χ3n) is 8.36. The first-order valence-electron chi connectivity index (χ1n) is 13.6. The van der Waals surface area contributed by atoms with Crippen LogP contribution in [0.5, 0.6) is 0 Å². The molecule has 1 aliphatic heterocycles. The molecule has 3 unspecified atom stereocenters. The Morgan fingerprint density at radius 2 is 1.70 bits per heavy atom. The molecule has 10 nitrogen and oxygen atoms in total. The van der Waals surface area contributed by atoms with E-state index in [-0.39, 0.29) is 30.9 Å². The highest BCUT2D eigenvalue weighted by Crippen LogP contribution is 2.46. The Bertz CT molecular complexity index is 1440. The Kier molecular flexibility index (Phi) is 6.66. The van der Waals surface area contributed by atoms with Crippen LogP contribution in [0.4, 0.5) is 4.79 Å². The number of benzene rings is 2. The van der Waals surface area contributed by atoms with Gasteiger partial charge in [-0.25, -0.2) is 13.2 Å². The summed E-state index contributed by atoms with van der Waals surface area (Å²) in [5.41, 5.74) is 3.20. The molecule has 4 N–H and O–H groups in total. The first-order chi connectivity index (χ1) is 19.2. The van der Waals surface area contributed by atoms with E-state index in [0.29, 0.717) is 25.8 Å². The first kappa shape index (κ1) is 26.5. The van der Waals surface area contributed by atoms with E-state index in [1.165, 1.54) is 0 Å². The monoisotopic (exact) mass is 564 g/mol. The van der Waals surface area contributed by atoms with Gasteiger partial charge in [0.2, 0.25) is 15.9 Å². The minimum atomic E-state index is -3.75. The molecule has 4 atom stereocenters. The zero-order valence-corrected chi connectivity index (χ0v) is 22.7. The molecule has 0 spiro atoms. The number of hydrogen-bond acceptors (Lipinski definition) is 7. The molecule has 2 saturated carbocycles. The van der Waals surface area contributed by atoms with E-state index in [0.717, 1.165) is 22.3 Å². The van der Waals surface area contributed by atoms with Gasteiger partial charge in [-0.15, -0.1) is 6.58 Å². The van der Waals surface area contributed by atoms with Crippen LogP contribution in [-0.2, 0) is 24.3 Å². The van der Waals surface area contributed by atoms with Crippen LogP contribution in [-0.4, -0.2) is 62.3 Å². The quantitative estimate of drug-likeness (QED) is 0.341. The highest BCUT2D eigenvalue weighted by molar-refractivity contribution is 7.91. The second kappa shape index (κ2) is 10.0. The van der Waals surface area contributed by atoms with Crippen LogP contribution in [0.1, 0.15) is 42.7 Å². The molecule has 0 bridgehead atoms. The van der Waals surface area contributed by atoms with Crippen LogP contribution in [0, 0.1) is 5.92 Å². The Labute approximate surface area is 233 Å². The molecule has 2 aromatic carbocycles. The SMILES string of the molecule is C=CC1CC1(NC(=O)[C@@H]1CC(NC(=O)OCC2c3ccccc3-c3ccccc32)CN1)C(=O)NS(=O)(=O)C1CC1. The molecule has 2 aromatic rings. The average Bonchev–Trinajstić information content (AvgIpc) is 3.84. The number of fused-ring (bicyclic) bond motifs is 3. The summed E-state index contributed by atoms with van der Waals surface area (Å²) in [6, 6.07) is 15.2. The molecule has 0 aromatic heterocycles. The van der Waals surface area contributed by atoms with Gasteiger partial charge in [0, 0.05) is 24.4 Å². The number of amides is 3. The molecule has 3 fully saturated rings. The Morgan fingerprint density at radius 1 is 1.05 bits per heavy atom. The lowest BCUT2D eigenvalue weighted by atomic mass is 9.98. The highest BCUT2D eigenvalue weighted by Gasteiger charge is 2.61. The third-order valence-corrected chi connectivity index (χ3v) is 10.2. The van der Waals surface area contributed by atoms with Gasteiger partial charge in [-0.2, -0.15) is 0 Å². The zero-order chi connectivity index (χ0) is 28.1. The van der Waals surface area contributed by atoms with Crippen molar-refractivity contribution in [2.24, 2.45) is 5.92 Å². The number of hydrogen-bond donors (Lipinski definition) is 4. The van der Waals surface area contributed by atoms with Crippen LogP contribution in [0.25, 0.3) is 11.1 Å². The maximum absolute atomic E-state index is 13.1. The van der Waals surface area contributed by atoms with Crippen molar-refractivity contribution in [2.75, 3.05) is 13.2 Å². The number of sulfonamides is 1. The summed E-state index contributed by atoms with van der Waals surface area (Å²) in [6.45, 7) is 4.25. The summed E-state index contributed by atoms with van der Waals surface area (Å²) in [6.07, 6.45) is 2.61. The van der Waals surface area contributed by atoms with Crippen molar-refractivity contribution in [3.05, 3.63) is 72.3 Å². The number of carbonyl (C=O) groups is 3. The normalized spacial score (nSPS) is 26.8. The molecular formula is C29H32N4O6S. The van der Waals surface area contributed by atoms with E-state index >= 15 is 0 Å². The number of nitrogens with one attached hydrogen (secondary N) is 4. The molecule has 3 amide bonds. The minimum absolute atomic E-state index is 0.0548. The summed E-state index contributed by atoms with van der Waals surface area (Å²) in [4.78, 5) is 38.6. The molecule has 4 aliphatic rings. The lowest BCUT2D eigenvalue weighted by molar-refractivity contribution is -0.130. The molecule has 11 heteroatoms. The molecule has 210 valence electrons. The molecule has 6 rings (SSSR count). The molecular weight excluding hydrogens is 532 g/mol. The van der Waals surface area contributed by atoms with E-state index in [1.54, 1.807) is 6.08 Å². The Balaban J connectivity index is 1.02. The van der Waals surface area contributed by atoms with Gasteiger partial charge in [-0.05, 0) is 47.9 Å².